The first-order valence-corrected chi connectivity index (χ1v) is 9.53. The fourth-order valence-electron chi connectivity index (χ4n) is 3.93. The number of hydrogen-bond acceptors (Lipinski definition) is 4. The van der Waals surface area contributed by atoms with E-state index in [1.165, 1.54) is 0 Å². The monoisotopic (exact) mass is 354 g/mol. The van der Waals surface area contributed by atoms with E-state index in [2.05, 4.69) is 10.3 Å². The molecule has 0 atom stereocenters. The smallest absolute Gasteiger partial charge is 0.223 e. The largest absolute Gasteiger partial charge is 0.488 e. The highest BCUT2D eigenvalue weighted by molar-refractivity contribution is 5.84. The van der Waals surface area contributed by atoms with Gasteiger partial charge in [-0.3, -0.25) is 9.78 Å². The molecule has 26 heavy (non-hydrogen) atoms. The predicted octanol–water partition coefficient (Wildman–Crippen LogP) is 3.20. The Labute approximate surface area is 153 Å². The van der Waals surface area contributed by atoms with Gasteiger partial charge in [0.15, 0.2) is 0 Å². The molecule has 0 unspecified atom stereocenters. The summed E-state index contributed by atoms with van der Waals surface area (Å²) in [5, 5.41) is 14.2. The Bertz CT molecular complexity index is 783. The van der Waals surface area contributed by atoms with Crippen LogP contribution in [-0.4, -0.2) is 33.7 Å². The molecule has 5 heteroatoms. The maximum atomic E-state index is 12.4. The van der Waals surface area contributed by atoms with Crippen molar-refractivity contribution in [2.45, 2.75) is 63.2 Å². The fourth-order valence-corrected chi connectivity index (χ4v) is 3.93. The van der Waals surface area contributed by atoms with Crippen LogP contribution in [-0.2, 0) is 4.79 Å². The van der Waals surface area contributed by atoms with Gasteiger partial charge in [-0.2, -0.15) is 0 Å². The molecule has 1 heterocycles. The third-order valence-corrected chi connectivity index (χ3v) is 5.76. The van der Waals surface area contributed by atoms with Crippen molar-refractivity contribution in [3.63, 3.8) is 0 Å². The first-order valence-electron chi connectivity index (χ1n) is 9.53. The molecule has 2 N–H and O–H groups in total. The number of fused-ring (bicyclic) bond motifs is 1. The highest BCUT2D eigenvalue weighted by atomic mass is 16.5. The fraction of sp³-hybridized carbons (Fsp3) is 0.524. The van der Waals surface area contributed by atoms with Gasteiger partial charge in [-0.1, -0.05) is 18.2 Å². The Morgan fingerprint density at radius 1 is 1.23 bits per heavy atom. The van der Waals surface area contributed by atoms with E-state index in [9.17, 15) is 9.90 Å². The number of nitrogens with one attached hydrogen (secondary N) is 1. The molecule has 4 rings (SSSR count). The molecule has 2 aliphatic carbocycles. The molecule has 5 nitrogen and oxygen atoms in total. The molecule has 2 fully saturated rings. The van der Waals surface area contributed by atoms with Crippen molar-refractivity contribution >= 4 is 16.8 Å². The lowest BCUT2D eigenvalue weighted by Gasteiger charge is -2.37. The number of rotatable bonds is 4. The molecule has 0 bridgehead atoms. The topological polar surface area (TPSA) is 71.5 Å². The molecule has 0 aliphatic heterocycles. The highest BCUT2D eigenvalue weighted by Crippen LogP contribution is 2.34. The minimum absolute atomic E-state index is 0.0328. The van der Waals surface area contributed by atoms with E-state index in [1.54, 1.807) is 6.20 Å². The van der Waals surface area contributed by atoms with E-state index >= 15 is 0 Å². The second-order valence-corrected chi connectivity index (χ2v) is 8.02. The zero-order valence-electron chi connectivity index (χ0n) is 15.1. The summed E-state index contributed by atoms with van der Waals surface area (Å²) < 4.78 is 6.09. The van der Waals surface area contributed by atoms with Gasteiger partial charge in [0, 0.05) is 23.5 Å². The summed E-state index contributed by atoms with van der Waals surface area (Å²) in [6.07, 6.45) is 6.56. The maximum absolute atomic E-state index is 12.4. The number of carbonyl (C=O) groups excluding carboxylic acids is 1. The lowest BCUT2D eigenvalue weighted by molar-refractivity contribution is -0.132. The van der Waals surface area contributed by atoms with Gasteiger partial charge in [0.05, 0.1) is 5.60 Å². The number of carbonyl (C=O) groups is 1. The number of benzene rings is 1. The standard InChI is InChI=1S/C21H26N2O3/c1-21(25)9-7-16(8-10-21)23-20(24)15-12-17(13-15)26-18-6-2-4-14-5-3-11-22-19(14)18/h2-6,11,15-17,25H,7-10,12-13H2,1H3,(H,23,24). The van der Waals surface area contributed by atoms with E-state index in [0.29, 0.717) is 0 Å². The molecule has 2 aliphatic rings. The van der Waals surface area contributed by atoms with Crippen molar-refractivity contribution in [1.29, 1.82) is 0 Å². The number of para-hydroxylation sites is 1. The molecular weight excluding hydrogens is 328 g/mol. The normalized spacial score (nSPS) is 31.2. The third-order valence-electron chi connectivity index (χ3n) is 5.76. The molecule has 2 saturated carbocycles. The van der Waals surface area contributed by atoms with Gasteiger partial charge in [0.25, 0.3) is 0 Å². The Morgan fingerprint density at radius 2 is 1.96 bits per heavy atom. The van der Waals surface area contributed by atoms with E-state index in [0.717, 1.165) is 55.2 Å². The number of aliphatic hydroxyl groups is 1. The highest BCUT2D eigenvalue weighted by Gasteiger charge is 2.38. The van der Waals surface area contributed by atoms with Gasteiger partial charge in [0.1, 0.15) is 17.4 Å². The van der Waals surface area contributed by atoms with Crippen LogP contribution in [0.3, 0.4) is 0 Å². The van der Waals surface area contributed by atoms with Crippen molar-refractivity contribution < 1.29 is 14.6 Å². The Morgan fingerprint density at radius 3 is 2.73 bits per heavy atom. The molecule has 2 aromatic rings. The minimum atomic E-state index is -0.566. The number of amides is 1. The van der Waals surface area contributed by atoms with Gasteiger partial charge in [-0.15, -0.1) is 0 Å². The zero-order valence-corrected chi connectivity index (χ0v) is 15.1. The molecule has 138 valence electrons. The summed E-state index contributed by atoms with van der Waals surface area (Å²) in [7, 11) is 0. The summed E-state index contributed by atoms with van der Waals surface area (Å²) in [6, 6.07) is 10.1. The van der Waals surface area contributed by atoms with Gasteiger partial charge >= 0.3 is 0 Å². The van der Waals surface area contributed by atoms with E-state index in [-0.39, 0.29) is 24.0 Å². The minimum Gasteiger partial charge on any atom is -0.488 e. The Hall–Kier alpha value is -2.14. The lowest BCUT2D eigenvalue weighted by atomic mass is 9.80. The molecule has 0 saturated heterocycles. The van der Waals surface area contributed by atoms with Gasteiger partial charge in [-0.05, 0) is 57.6 Å². The second-order valence-electron chi connectivity index (χ2n) is 8.02. The Kier molecular flexibility index (Phi) is 4.57. The van der Waals surface area contributed by atoms with Crippen LogP contribution in [0.4, 0.5) is 0 Å². The van der Waals surface area contributed by atoms with Crippen molar-refractivity contribution in [1.82, 2.24) is 10.3 Å². The zero-order chi connectivity index (χ0) is 18.1. The summed E-state index contributed by atoms with van der Waals surface area (Å²) in [6.45, 7) is 1.88. The average molecular weight is 354 g/mol. The van der Waals surface area contributed by atoms with Crippen LogP contribution < -0.4 is 10.1 Å². The van der Waals surface area contributed by atoms with Crippen LogP contribution in [0.25, 0.3) is 10.9 Å². The van der Waals surface area contributed by atoms with Crippen LogP contribution in [0.2, 0.25) is 0 Å². The molecule has 0 spiro atoms. The van der Waals surface area contributed by atoms with Crippen LogP contribution in [0.1, 0.15) is 45.4 Å². The van der Waals surface area contributed by atoms with E-state index in [1.807, 2.05) is 37.3 Å². The average Bonchev–Trinajstić information content (AvgIpc) is 2.59. The third kappa shape index (κ3) is 3.68. The number of nitrogens with zero attached hydrogens (tertiary/aromatic N) is 1. The van der Waals surface area contributed by atoms with Crippen LogP contribution >= 0.6 is 0 Å². The number of pyridine rings is 1. The van der Waals surface area contributed by atoms with Gasteiger partial charge < -0.3 is 15.2 Å². The van der Waals surface area contributed by atoms with Gasteiger partial charge in [0.2, 0.25) is 5.91 Å². The summed E-state index contributed by atoms with van der Waals surface area (Å²) in [4.78, 5) is 16.8. The van der Waals surface area contributed by atoms with Crippen molar-refractivity contribution in [2.24, 2.45) is 5.92 Å². The second kappa shape index (κ2) is 6.88. The van der Waals surface area contributed by atoms with Crippen molar-refractivity contribution in [2.75, 3.05) is 0 Å². The summed E-state index contributed by atoms with van der Waals surface area (Å²) in [5.74, 6) is 0.958. The number of hydrogen-bond donors (Lipinski definition) is 2. The SMILES string of the molecule is CC1(O)CCC(NC(=O)C2CC(Oc3cccc4cccnc34)C2)CC1. The predicted molar refractivity (Wildman–Crippen MR) is 99.9 cm³/mol. The summed E-state index contributed by atoms with van der Waals surface area (Å²) >= 11 is 0. The van der Waals surface area contributed by atoms with Crippen molar-refractivity contribution in [3.8, 4) is 5.75 Å². The van der Waals surface area contributed by atoms with E-state index in [4.69, 9.17) is 4.74 Å². The first kappa shape index (κ1) is 17.3. The Balaban J connectivity index is 1.28. The molecule has 0 radical (unpaired) electrons. The number of aromatic nitrogens is 1. The molecule has 1 amide bonds. The number of ether oxygens (including phenoxy) is 1. The maximum Gasteiger partial charge on any atom is 0.223 e. The lowest BCUT2D eigenvalue weighted by Crippen LogP contribution is -2.48. The summed E-state index contributed by atoms with van der Waals surface area (Å²) in [5.41, 5.74) is 0.306. The van der Waals surface area contributed by atoms with Crippen molar-refractivity contribution in [3.05, 3.63) is 36.5 Å². The first-order chi connectivity index (χ1) is 12.5. The molecular formula is C21H26N2O3. The molecule has 1 aromatic heterocycles. The van der Waals surface area contributed by atoms with Crippen LogP contribution in [0.15, 0.2) is 36.5 Å². The van der Waals surface area contributed by atoms with E-state index < -0.39 is 5.60 Å². The molecule has 1 aromatic carbocycles. The van der Waals surface area contributed by atoms with Gasteiger partial charge in [-0.25, -0.2) is 0 Å². The quantitative estimate of drug-likeness (QED) is 0.884. The van der Waals surface area contributed by atoms with Crippen LogP contribution in [0, 0.1) is 5.92 Å². The van der Waals surface area contributed by atoms with Crippen LogP contribution in [0.5, 0.6) is 5.75 Å².